The lowest BCUT2D eigenvalue weighted by atomic mass is 10.2. The lowest BCUT2D eigenvalue weighted by molar-refractivity contribution is 0.0950. The van der Waals surface area contributed by atoms with E-state index in [-0.39, 0.29) is 46.5 Å². The number of sulfonamides is 1. The van der Waals surface area contributed by atoms with E-state index in [0.29, 0.717) is 0 Å². The quantitative estimate of drug-likeness (QED) is 0.367. The predicted molar refractivity (Wildman–Crippen MR) is 126 cm³/mol. The summed E-state index contributed by atoms with van der Waals surface area (Å²) >= 11 is 5.83. The summed E-state index contributed by atoms with van der Waals surface area (Å²) in [6.07, 6.45) is 0.264. The van der Waals surface area contributed by atoms with Crippen LogP contribution in [0.2, 0.25) is 5.02 Å². The molecule has 200 valence electrons. The highest BCUT2D eigenvalue weighted by Gasteiger charge is 2.49. The summed E-state index contributed by atoms with van der Waals surface area (Å²) in [5.41, 5.74) is 0.0436. The average molecular weight is 561 g/mol. The largest absolute Gasteiger partial charge is 0.479 e. The number of halogens is 3. The van der Waals surface area contributed by atoms with Gasteiger partial charge in [-0.2, -0.15) is 9.97 Å². The highest BCUT2D eigenvalue weighted by molar-refractivity contribution is 7.93. The summed E-state index contributed by atoms with van der Waals surface area (Å²) in [5, 5.41) is 7.02. The van der Waals surface area contributed by atoms with Gasteiger partial charge in [0.05, 0.1) is 19.2 Å². The Morgan fingerprint density at radius 1 is 1.08 bits per heavy atom. The van der Waals surface area contributed by atoms with Crippen molar-refractivity contribution < 1.29 is 31.4 Å². The van der Waals surface area contributed by atoms with Gasteiger partial charge in [-0.15, -0.1) is 10.2 Å². The van der Waals surface area contributed by atoms with Crippen LogP contribution in [0.3, 0.4) is 0 Å². The second-order valence-corrected chi connectivity index (χ2v) is 10.5. The number of ether oxygens (including phenoxy) is 3. The number of hydrogen-bond donors (Lipinski definition) is 1. The summed E-state index contributed by atoms with van der Waals surface area (Å²) in [4.78, 5) is 16.2. The van der Waals surface area contributed by atoms with Crippen LogP contribution in [0.1, 0.15) is 37.0 Å². The number of rotatable bonds is 11. The lowest BCUT2D eigenvalue weighted by Crippen LogP contribution is -2.33. The maximum Gasteiger partial charge on any atom is 0.245 e. The molecule has 2 unspecified atom stereocenters. The molecule has 3 heterocycles. The fourth-order valence-electron chi connectivity index (χ4n) is 3.81. The number of anilines is 1. The van der Waals surface area contributed by atoms with Crippen LogP contribution in [-0.2, 0) is 14.8 Å². The zero-order valence-electron chi connectivity index (χ0n) is 20.0. The summed E-state index contributed by atoms with van der Waals surface area (Å²) in [6.45, 7) is 1.39. The molecule has 37 heavy (non-hydrogen) atoms. The smallest absolute Gasteiger partial charge is 0.245 e. The fourth-order valence-corrected chi connectivity index (χ4v) is 5.04. The van der Waals surface area contributed by atoms with Crippen molar-refractivity contribution in [1.82, 2.24) is 34.7 Å². The van der Waals surface area contributed by atoms with Crippen LogP contribution in [0.4, 0.5) is 14.7 Å². The summed E-state index contributed by atoms with van der Waals surface area (Å²) in [7, 11) is -0.289. The maximum absolute atomic E-state index is 13.4. The van der Waals surface area contributed by atoms with Gasteiger partial charge in [-0.3, -0.25) is 9.29 Å². The SMILES string of the molecule is COc1ncnc(OC)c1-n1c(NS(=O)(=O)C(C)C(OC)c2ncc(Cl)cn2)nnc1[C@H]1C[C@@H]1C(F)F. The first-order valence-corrected chi connectivity index (χ1v) is 12.7. The number of aromatic nitrogens is 7. The van der Waals surface area contributed by atoms with Gasteiger partial charge in [-0.25, -0.2) is 27.2 Å². The highest BCUT2D eigenvalue weighted by atomic mass is 35.5. The van der Waals surface area contributed by atoms with Crippen molar-refractivity contribution >= 4 is 27.6 Å². The third-order valence-corrected chi connectivity index (χ3v) is 7.74. The van der Waals surface area contributed by atoms with Gasteiger partial charge in [0.25, 0.3) is 0 Å². The topological polar surface area (TPSA) is 156 Å². The van der Waals surface area contributed by atoms with Crippen molar-refractivity contribution in [3.05, 3.63) is 35.4 Å². The van der Waals surface area contributed by atoms with Gasteiger partial charge in [-0.1, -0.05) is 11.6 Å². The number of hydrogen-bond acceptors (Lipinski definition) is 11. The van der Waals surface area contributed by atoms with E-state index in [4.69, 9.17) is 25.8 Å². The second kappa shape index (κ2) is 10.6. The maximum atomic E-state index is 13.4. The van der Waals surface area contributed by atoms with E-state index in [0.717, 1.165) is 0 Å². The van der Waals surface area contributed by atoms with E-state index in [1.54, 1.807) is 0 Å². The van der Waals surface area contributed by atoms with Crippen LogP contribution in [0.15, 0.2) is 18.7 Å². The van der Waals surface area contributed by atoms with E-state index in [9.17, 15) is 17.2 Å². The van der Waals surface area contributed by atoms with E-state index >= 15 is 0 Å². The molecule has 3 aromatic heterocycles. The molecule has 13 nitrogen and oxygen atoms in total. The van der Waals surface area contributed by atoms with Crippen LogP contribution in [0.25, 0.3) is 5.69 Å². The Labute approximate surface area is 215 Å². The van der Waals surface area contributed by atoms with Crippen molar-refractivity contribution in [3.63, 3.8) is 0 Å². The van der Waals surface area contributed by atoms with Gasteiger partial charge < -0.3 is 14.2 Å². The van der Waals surface area contributed by atoms with E-state index in [2.05, 4.69) is 34.9 Å². The van der Waals surface area contributed by atoms with Gasteiger partial charge in [0.15, 0.2) is 11.5 Å². The molecule has 17 heteroatoms. The Morgan fingerprint density at radius 2 is 1.70 bits per heavy atom. The van der Waals surface area contributed by atoms with Crippen molar-refractivity contribution in [2.45, 2.75) is 37.0 Å². The zero-order chi connectivity index (χ0) is 26.9. The normalized spacial score (nSPS) is 18.9. The third-order valence-electron chi connectivity index (χ3n) is 5.85. The minimum Gasteiger partial charge on any atom is -0.479 e. The monoisotopic (exact) mass is 560 g/mol. The van der Waals surface area contributed by atoms with E-state index in [1.807, 2.05) is 0 Å². The molecule has 0 spiro atoms. The van der Waals surface area contributed by atoms with Gasteiger partial charge in [0.2, 0.25) is 34.2 Å². The lowest BCUT2D eigenvalue weighted by Gasteiger charge is -2.22. The second-order valence-electron chi connectivity index (χ2n) is 8.07. The first-order chi connectivity index (χ1) is 17.6. The van der Waals surface area contributed by atoms with Crippen molar-refractivity contribution in [2.24, 2.45) is 5.92 Å². The Kier molecular flexibility index (Phi) is 7.70. The Hall–Kier alpha value is -3.24. The molecular formula is C20H23ClF2N8O5S. The van der Waals surface area contributed by atoms with Crippen LogP contribution in [-0.4, -0.2) is 76.1 Å². The molecule has 1 aliphatic rings. The molecular weight excluding hydrogens is 538 g/mol. The molecule has 1 aliphatic carbocycles. The number of methoxy groups -OCH3 is 3. The van der Waals surface area contributed by atoms with E-state index in [1.165, 1.54) is 51.5 Å². The van der Waals surface area contributed by atoms with Crippen molar-refractivity contribution in [2.75, 3.05) is 26.1 Å². The number of nitrogens with zero attached hydrogens (tertiary/aromatic N) is 7. The average Bonchev–Trinajstić information content (AvgIpc) is 3.59. The molecule has 1 fully saturated rings. The van der Waals surface area contributed by atoms with E-state index < -0.39 is 39.6 Å². The predicted octanol–water partition coefficient (Wildman–Crippen LogP) is 2.40. The van der Waals surface area contributed by atoms with Crippen molar-refractivity contribution in [3.8, 4) is 17.4 Å². The molecule has 1 saturated carbocycles. The molecule has 3 aromatic rings. The van der Waals surface area contributed by atoms with Gasteiger partial charge in [0.1, 0.15) is 23.5 Å². The van der Waals surface area contributed by atoms with Crippen LogP contribution >= 0.6 is 11.6 Å². The Balaban J connectivity index is 1.77. The van der Waals surface area contributed by atoms with Gasteiger partial charge in [0, 0.05) is 31.3 Å². The minimum absolute atomic E-state index is 0.0139. The van der Waals surface area contributed by atoms with Crippen LogP contribution in [0.5, 0.6) is 11.8 Å². The standard InChI is InChI=1S/C20H23ClF2N8O5S/c1-9(14(34-2)16-24-6-10(21)7-25-16)37(32,33)30-20-29-28-17(12-5-11(12)15(22)23)31(20)13-18(35-3)26-8-27-19(13)36-4/h6-9,11-12,14-15H,5H2,1-4H3,(H,29,30)/t9?,11-,12-,14?/m0/s1. The van der Waals surface area contributed by atoms with Crippen LogP contribution in [0, 0.1) is 5.92 Å². The molecule has 0 radical (unpaired) electrons. The molecule has 0 amide bonds. The van der Waals surface area contributed by atoms with Crippen molar-refractivity contribution in [1.29, 1.82) is 0 Å². The molecule has 0 aliphatic heterocycles. The minimum atomic E-state index is -4.26. The summed E-state index contributed by atoms with van der Waals surface area (Å²) < 4.78 is 73.3. The Morgan fingerprint density at radius 3 is 2.22 bits per heavy atom. The molecule has 0 bridgehead atoms. The zero-order valence-corrected chi connectivity index (χ0v) is 21.6. The molecule has 4 atom stereocenters. The third kappa shape index (κ3) is 5.26. The fraction of sp³-hybridized carbons (Fsp3) is 0.500. The van der Waals surface area contributed by atoms with Crippen LogP contribution < -0.4 is 14.2 Å². The molecule has 0 saturated heterocycles. The summed E-state index contributed by atoms with van der Waals surface area (Å²) in [5.74, 6) is -1.82. The highest BCUT2D eigenvalue weighted by Crippen LogP contribution is 2.51. The Bertz CT molecular complexity index is 1340. The molecule has 1 N–H and O–H groups in total. The number of alkyl halides is 2. The first-order valence-electron chi connectivity index (χ1n) is 10.8. The molecule has 4 rings (SSSR count). The number of nitrogens with one attached hydrogen (secondary N) is 1. The van der Waals surface area contributed by atoms with Gasteiger partial charge in [-0.05, 0) is 13.3 Å². The summed E-state index contributed by atoms with van der Waals surface area (Å²) in [6, 6.07) is 0. The van der Waals surface area contributed by atoms with Gasteiger partial charge >= 0.3 is 0 Å². The first kappa shape index (κ1) is 26.8. The molecule has 0 aromatic carbocycles.